The Hall–Kier alpha value is -1.40. The zero-order valence-electron chi connectivity index (χ0n) is 8.60. The highest BCUT2D eigenvalue weighted by atomic mass is 32.1. The molecule has 2 heterocycles. The smallest absolute Gasteiger partial charge is 0.284 e. The van der Waals surface area contributed by atoms with Crippen LogP contribution in [0.15, 0.2) is 12.1 Å². The van der Waals surface area contributed by atoms with E-state index in [4.69, 9.17) is 5.21 Å². The first kappa shape index (κ1) is 11.1. The van der Waals surface area contributed by atoms with Crippen molar-refractivity contribution in [3.8, 4) is 0 Å². The number of amides is 2. The number of thiophene rings is 1. The second-order valence-corrected chi connectivity index (χ2v) is 4.69. The molecule has 1 aliphatic rings. The molecule has 1 fully saturated rings. The van der Waals surface area contributed by atoms with E-state index in [9.17, 15) is 9.59 Å². The van der Waals surface area contributed by atoms with E-state index in [-0.39, 0.29) is 5.91 Å². The van der Waals surface area contributed by atoms with E-state index in [2.05, 4.69) is 0 Å². The lowest BCUT2D eigenvalue weighted by Crippen LogP contribution is -2.26. The van der Waals surface area contributed by atoms with E-state index in [1.807, 2.05) is 0 Å². The highest BCUT2D eigenvalue weighted by molar-refractivity contribution is 7.15. The van der Waals surface area contributed by atoms with Gasteiger partial charge in [-0.15, -0.1) is 11.3 Å². The zero-order valence-corrected chi connectivity index (χ0v) is 9.42. The summed E-state index contributed by atoms with van der Waals surface area (Å²) >= 11 is 1.10. The summed E-state index contributed by atoms with van der Waals surface area (Å²) in [6, 6.07) is 3.16. The molecule has 0 atom stereocenters. The Morgan fingerprint density at radius 3 is 2.50 bits per heavy atom. The Balaban J connectivity index is 2.11. The molecule has 2 N–H and O–H groups in total. The fourth-order valence-electron chi connectivity index (χ4n) is 1.71. The molecule has 0 bridgehead atoms. The summed E-state index contributed by atoms with van der Waals surface area (Å²) in [5, 5.41) is 8.46. The van der Waals surface area contributed by atoms with Crippen LogP contribution in [0, 0.1) is 0 Å². The van der Waals surface area contributed by atoms with E-state index < -0.39 is 5.91 Å². The predicted octanol–water partition coefficient (Wildman–Crippen LogP) is 1.10. The quantitative estimate of drug-likeness (QED) is 0.601. The molecule has 16 heavy (non-hydrogen) atoms. The van der Waals surface area contributed by atoms with Crippen molar-refractivity contribution in [2.24, 2.45) is 0 Å². The minimum Gasteiger partial charge on any atom is -0.338 e. The lowest BCUT2D eigenvalue weighted by molar-refractivity contribution is 0.0711. The van der Waals surface area contributed by atoms with Crippen LogP contribution in [0.2, 0.25) is 0 Å². The van der Waals surface area contributed by atoms with Crippen LogP contribution in [0.5, 0.6) is 0 Å². The molecule has 0 saturated carbocycles. The second-order valence-electron chi connectivity index (χ2n) is 3.60. The number of nitrogens with zero attached hydrogens (tertiary/aromatic N) is 1. The molecule has 0 aliphatic carbocycles. The summed E-state index contributed by atoms with van der Waals surface area (Å²) in [6.07, 6.45) is 2.09. The molecule has 2 amide bonds. The minimum absolute atomic E-state index is 0.0283. The van der Waals surface area contributed by atoms with Gasteiger partial charge in [-0.25, -0.2) is 5.48 Å². The summed E-state index contributed by atoms with van der Waals surface area (Å²) in [5.41, 5.74) is 1.55. The predicted molar refractivity (Wildman–Crippen MR) is 58.7 cm³/mol. The van der Waals surface area contributed by atoms with Crippen LogP contribution >= 0.6 is 11.3 Å². The summed E-state index contributed by atoms with van der Waals surface area (Å²) < 4.78 is 0. The van der Waals surface area contributed by atoms with Gasteiger partial charge in [-0.2, -0.15) is 0 Å². The normalized spacial score (nSPS) is 15.2. The highest BCUT2D eigenvalue weighted by Crippen LogP contribution is 2.20. The molecule has 1 aliphatic heterocycles. The Kier molecular flexibility index (Phi) is 3.21. The van der Waals surface area contributed by atoms with Crippen molar-refractivity contribution in [3.05, 3.63) is 21.9 Å². The average molecular weight is 240 g/mol. The Morgan fingerprint density at radius 2 is 1.88 bits per heavy atom. The van der Waals surface area contributed by atoms with Crippen LogP contribution in [0.3, 0.4) is 0 Å². The van der Waals surface area contributed by atoms with Gasteiger partial charge in [0.25, 0.3) is 11.8 Å². The minimum atomic E-state index is -0.578. The average Bonchev–Trinajstić information content (AvgIpc) is 2.97. The van der Waals surface area contributed by atoms with E-state index in [0.29, 0.717) is 9.75 Å². The fraction of sp³-hybridized carbons (Fsp3) is 0.400. The van der Waals surface area contributed by atoms with E-state index in [0.717, 1.165) is 37.3 Å². The van der Waals surface area contributed by atoms with E-state index in [1.165, 1.54) is 0 Å². The number of hydrogen-bond donors (Lipinski definition) is 2. The van der Waals surface area contributed by atoms with Gasteiger partial charge in [0.15, 0.2) is 0 Å². The largest absolute Gasteiger partial charge is 0.338 e. The van der Waals surface area contributed by atoms with Gasteiger partial charge >= 0.3 is 0 Å². The first-order chi connectivity index (χ1) is 7.72. The van der Waals surface area contributed by atoms with Crippen LogP contribution in [0.1, 0.15) is 32.2 Å². The van der Waals surface area contributed by atoms with Crippen LogP contribution in [0.25, 0.3) is 0 Å². The number of carbonyl (C=O) groups excluding carboxylic acids is 2. The maximum atomic E-state index is 11.9. The third kappa shape index (κ3) is 2.07. The standard InChI is InChI=1S/C10H12N2O3S/c13-9(11-15)7-3-4-8(16-7)10(14)12-5-1-2-6-12/h3-4,15H,1-2,5-6H2,(H,11,13). The SMILES string of the molecule is O=C(NO)c1ccc(C(=O)N2CCCC2)s1. The molecule has 86 valence electrons. The van der Waals surface area contributed by atoms with Gasteiger partial charge in [-0.05, 0) is 25.0 Å². The number of hydrogen-bond acceptors (Lipinski definition) is 4. The maximum Gasteiger partial charge on any atom is 0.284 e. The van der Waals surface area contributed by atoms with Crippen LogP contribution in [0.4, 0.5) is 0 Å². The molecule has 6 heteroatoms. The van der Waals surface area contributed by atoms with Crippen LogP contribution in [-0.2, 0) is 0 Å². The molecule has 0 spiro atoms. The summed E-state index contributed by atoms with van der Waals surface area (Å²) in [4.78, 5) is 25.7. The lowest BCUT2D eigenvalue weighted by atomic mass is 10.4. The Bertz CT molecular complexity index is 410. The number of carbonyl (C=O) groups is 2. The van der Waals surface area contributed by atoms with Crippen molar-refractivity contribution in [1.82, 2.24) is 10.4 Å². The van der Waals surface area contributed by atoms with Crippen molar-refractivity contribution < 1.29 is 14.8 Å². The molecular weight excluding hydrogens is 228 g/mol. The van der Waals surface area contributed by atoms with Gasteiger partial charge in [0.05, 0.1) is 9.75 Å². The first-order valence-electron chi connectivity index (χ1n) is 5.06. The molecule has 1 aromatic heterocycles. The van der Waals surface area contributed by atoms with Crippen LogP contribution < -0.4 is 5.48 Å². The lowest BCUT2D eigenvalue weighted by Gasteiger charge is -2.13. The zero-order chi connectivity index (χ0) is 11.5. The monoisotopic (exact) mass is 240 g/mol. The summed E-state index contributed by atoms with van der Waals surface area (Å²) in [7, 11) is 0. The number of rotatable bonds is 2. The van der Waals surface area contributed by atoms with Crippen LogP contribution in [-0.4, -0.2) is 35.0 Å². The van der Waals surface area contributed by atoms with Crippen molar-refractivity contribution in [2.45, 2.75) is 12.8 Å². The van der Waals surface area contributed by atoms with Crippen molar-refractivity contribution in [1.29, 1.82) is 0 Å². The third-order valence-corrected chi connectivity index (χ3v) is 3.61. The molecule has 2 rings (SSSR count). The molecular formula is C10H12N2O3S. The fourth-order valence-corrected chi connectivity index (χ4v) is 2.57. The van der Waals surface area contributed by atoms with E-state index in [1.54, 1.807) is 22.5 Å². The molecule has 1 saturated heterocycles. The van der Waals surface area contributed by atoms with Crippen molar-refractivity contribution in [3.63, 3.8) is 0 Å². The van der Waals surface area contributed by atoms with Gasteiger partial charge in [-0.3, -0.25) is 14.8 Å². The molecule has 0 unspecified atom stereocenters. The summed E-state index contributed by atoms with van der Waals surface area (Å²) in [6.45, 7) is 1.58. The van der Waals surface area contributed by atoms with Gasteiger partial charge in [0.1, 0.15) is 0 Å². The number of nitrogens with one attached hydrogen (secondary N) is 1. The van der Waals surface area contributed by atoms with Gasteiger partial charge < -0.3 is 4.90 Å². The van der Waals surface area contributed by atoms with Gasteiger partial charge in [0.2, 0.25) is 0 Å². The van der Waals surface area contributed by atoms with E-state index >= 15 is 0 Å². The second kappa shape index (κ2) is 4.63. The Labute approximate surface area is 96.6 Å². The highest BCUT2D eigenvalue weighted by Gasteiger charge is 2.21. The van der Waals surface area contributed by atoms with Crippen molar-refractivity contribution >= 4 is 23.2 Å². The van der Waals surface area contributed by atoms with Crippen molar-refractivity contribution in [2.75, 3.05) is 13.1 Å². The third-order valence-electron chi connectivity index (χ3n) is 2.54. The number of hydroxylamine groups is 1. The topological polar surface area (TPSA) is 69.6 Å². The Morgan fingerprint density at radius 1 is 1.25 bits per heavy atom. The molecule has 0 radical (unpaired) electrons. The first-order valence-corrected chi connectivity index (χ1v) is 5.87. The molecule has 0 aromatic carbocycles. The number of likely N-dealkylation sites (tertiary alicyclic amines) is 1. The summed E-state index contributed by atoms with van der Waals surface area (Å²) in [5.74, 6) is -0.607. The van der Waals surface area contributed by atoms with Gasteiger partial charge in [0, 0.05) is 13.1 Å². The molecule has 5 nitrogen and oxygen atoms in total. The van der Waals surface area contributed by atoms with Gasteiger partial charge in [-0.1, -0.05) is 0 Å². The molecule has 1 aromatic rings. The maximum absolute atomic E-state index is 11.9.